The SMILES string of the molecule is Cc1nc(SC(C)c2ccccc2)c2ccccc2n1. The zero-order valence-corrected chi connectivity index (χ0v) is 12.4. The molecule has 1 aromatic heterocycles. The van der Waals surface area contributed by atoms with Gasteiger partial charge >= 0.3 is 0 Å². The van der Waals surface area contributed by atoms with Crippen molar-refractivity contribution in [3.63, 3.8) is 0 Å². The number of hydrogen-bond donors (Lipinski definition) is 0. The second-order valence-electron chi connectivity index (χ2n) is 4.76. The number of fused-ring (bicyclic) bond motifs is 1. The molecule has 1 heterocycles. The second-order valence-corrected chi connectivity index (χ2v) is 6.09. The smallest absolute Gasteiger partial charge is 0.127 e. The summed E-state index contributed by atoms with van der Waals surface area (Å²) in [7, 11) is 0. The Hall–Kier alpha value is -1.87. The van der Waals surface area contributed by atoms with Gasteiger partial charge in [-0.25, -0.2) is 9.97 Å². The van der Waals surface area contributed by atoms with Crippen LogP contribution in [0.4, 0.5) is 0 Å². The molecule has 0 amide bonds. The first kappa shape index (κ1) is 13.1. The quantitative estimate of drug-likeness (QED) is 0.509. The van der Waals surface area contributed by atoms with Gasteiger partial charge in [0.25, 0.3) is 0 Å². The van der Waals surface area contributed by atoms with E-state index in [4.69, 9.17) is 0 Å². The number of rotatable bonds is 3. The number of para-hydroxylation sites is 1. The molecule has 1 unspecified atom stereocenters. The molecule has 2 nitrogen and oxygen atoms in total. The summed E-state index contributed by atoms with van der Waals surface area (Å²) in [4.78, 5) is 9.11. The fraction of sp³-hybridized carbons (Fsp3) is 0.176. The van der Waals surface area contributed by atoms with E-state index in [1.807, 2.05) is 31.2 Å². The molecule has 0 bridgehead atoms. The van der Waals surface area contributed by atoms with E-state index in [1.165, 1.54) is 5.56 Å². The molecule has 0 fully saturated rings. The van der Waals surface area contributed by atoms with Crippen LogP contribution in [0.1, 0.15) is 23.6 Å². The molecule has 0 N–H and O–H groups in total. The molecule has 0 radical (unpaired) electrons. The Balaban J connectivity index is 1.98. The maximum atomic E-state index is 4.62. The zero-order valence-electron chi connectivity index (χ0n) is 11.6. The van der Waals surface area contributed by atoms with Gasteiger partial charge in [0.2, 0.25) is 0 Å². The van der Waals surface area contributed by atoms with E-state index in [2.05, 4.69) is 47.2 Å². The predicted octanol–water partition coefficient (Wildman–Crippen LogP) is 4.79. The lowest BCUT2D eigenvalue weighted by Crippen LogP contribution is -1.95. The number of nitrogens with zero attached hydrogens (tertiary/aromatic N) is 2. The number of thioether (sulfide) groups is 1. The van der Waals surface area contributed by atoms with E-state index < -0.39 is 0 Å². The first-order chi connectivity index (χ1) is 9.74. The lowest BCUT2D eigenvalue weighted by atomic mass is 10.2. The van der Waals surface area contributed by atoms with Crippen LogP contribution in [0, 0.1) is 6.92 Å². The number of hydrogen-bond acceptors (Lipinski definition) is 3. The summed E-state index contributed by atoms with van der Waals surface area (Å²) >= 11 is 1.79. The second kappa shape index (κ2) is 5.63. The van der Waals surface area contributed by atoms with Crippen LogP contribution < -0.4 is 0 Å². The van der Waals surface area contributed by atoms with Crippen molar-refractivity contribution >= 4 is 22.7 Å². The van der Waals surface area contributed by atoms with Crippen molar-refractivity contribution in [3.05, 3.63) is 66.0 Å². The highest BCUT2D eigenvalue weighted by Crippen LogP contribution is 2.36. The molecule has 0 saturated carbocycles. The third-order valence-electron chi connectivity index (χ3n) is 3.24. The van der Waals surface area contributed by atoms with Crippen molar-refractivity contribution in [2.75, 3.05) is 0 Å². The average Bonchev–Trinajstić information content (AvgIpc) is 2.48. The van der Waals surface area contributed by atoms with Crippen LogP contribution in [0.25, 0.3) is 10.9 Å². The first-order valence-corrected chi connectivity index (χ1v) is 7.57. The van der Waals surface area contributed by atoms with Gasteiger partial charge in [0, 0.05) is 10.6 Å². The Bertz CT molecular complexity index is 725. The van der Waals surface area contributed by atoms with Crippen LogP contribution in [0.15, 0.2) is 59.6 Å². The van der Waals surface area contributed by atoms with Crippen LogP contribution in [-0.4, -0.2) is 9.97 Å². The van der Waals surface area contributed by atoms with Crippen molar-refractivity contribution in [2.45, 2.75) is 24.1 Å². The minimum atomic E-state index is 0.369. The van der Waals surface area contributed by atoms with Crippen molar-refractivity contribution in [2.24, 2.45) is 0 Å². The molecule has 0 spiro atoms. The van der Waals surface area contributed by atoms with E-state index in [0.717, 1.165) is 21.8 Å². The van der Waals surface area contributed by atoms with Gasteiger partial charge < -0.3 is 0 Å². The topological polar surface area (TPSA) is 25.8 Å². The highest BCUT2D eigenvalue weighted by molar-refractivity contribution is 7.99. The predicted molar refractivity (Wildman–Crippen MR) is 85.0 cm³/mol. The maximum absolute atomic E-state index is 4.62. The molecule has 2 aromatic carbocycles. The molecule has 0 aliphatic heterocycles. The van der Waals surface area contributed by atoms with Gasteiger partial charge in [0.1, 0.15) is 10.9 Å². The molecule has 1 atom stereocenters. The molecule has 3 rings (SSSR count). The van der Waals surface area contributed by atoms with E-state index in [1.54, 1.807) is 11.8 Å². The van der Waals surface area contributed by atoms with E-state index >= 15 is 0 Å². The van der Waals surface area contributed by atoms with Gasteiger partial charge in [-0.05, 0) is 25.5 Å². The zero-order chi connectivity index (χ0) is 13.9. The molecular formula is C17H16N2S. The Labute approximate surface area is 123 Å². The minimum absolute atomic E-state index is 0.369. The summed E-state index contributed by atoms with van der Waals surface area (Å²) in [6.07, 6.45) is 0. The Kier molecular flexibility index (Phi) is 3.70. The summed E-state index contributed by atoms with van der Waals surface area (Å²) in [6, 6.07) is 18.7. The largest absolute Gasteiger partial charge is 0.233 e. The molecule has 3 aromatic rings. The van der Waals surface area contributed by atoms with Crippen molar-refractivity contribution in [1.29, 1.82) is 0 Å². The number of aromatic nitrogens is 2. The standard InChI is InChI=1S/C17H16N2S/c1-12(14-8-4-3-5-9-14)20-17-15-10-6-7-11-16(15)18-13(2)19-17/h3-12H,1-2H3. The van der Waals surface area contributed by atoms with Crippen molar-refractivity contribution < 1.29 is 0 Å². The van der Waals surface area contributed by atoms with Crippen LogP contribution in [-0.2, 0) is 0 Å². The normalized spacial score (nSPS) is 12.5. The van der Waals surface area contributed by atoms with Crippen LogP contribution in [0.3, 0.4) is 0 Å². The van der Waals surface area contributed by atoms with E-state index in [0.29, 0.717) is 5.25 Å². The van der Waals surface area contributed by atoms with Gasteiger partial charge in [-0.15, -0.1) is 0 Å². The first-order valence-electron chi connectivity index (χ1n) is 6.69. The molecular weight excluding hydrogens is 264 g/mol. The van der Waals surface area contributed by atoms with Gasteiger partial charge in [0.15, 0.2) is 0 Å². The molecule has 20 heavy (non-hydrogen) atoms. The Morgan fingerprint density at radius 3 is 2.40 bits per heavy atom. The van der Waals surface area contributed by atoms with E-state index in [-0.39, 0.29) is 0 Å². The van der Waals surface area contributed by atoms with Gasteiger partial charge in [-0.3, -0.25) is 0 Å². The van der Waals surface area contributed by atoms with Crippen LogP contribution in [0.5, 0.6) is 0 Å². The molecule has 0 saturated heterocycles. The summed E-state index contributed by atoms with van der Waals surface area (Å²) in [6.45, 7) is 4.16. The lowest BCUT2D eigenvalue weighted by Gasteiger charge is -2.13. The van der Waals surface area contributed by atoms with Crippen molar-refractivity contribution in [3.8, 4) is 0 Å². The Morgan fingerprint density at radius 1 is 0.900 bits per heavy atom. The van der Waals surface area contributed by atoms with E-state index in [9.17, 15) is 0 Å². The van der Waals surface area contributed by atoms with Gasteiger partial charge in [-0.2, -0.15) is 0 Å². The van der Waals surface area contributed by atoms with Gasteiger partial charge in [-0.1, -0.05) is 60.3 Å². The fourth-order valence-corrected chi connectivity index (χ4v) is 3.32. The summed E-state index contributed by atoms with van der Waals surface area (Å²) in [5.74, 6) is 0.825. The minimum Gasteiger partial charge on any atom is -0.233 e. The third kappa shape index (κ3) is 2.68. The molecule has 0 aliphatic rings. The van der Waals surface area contributed by atoms with Gasteiger partial charge in [0.05, 0.1) is 5.52 Å². The highest BCUT2D eigenvalue weighted by Gasteiger charge is 2.12. The Morgan fingerprint density at radius 2 is 1.60 bits per heavy atom. The van der Waals surface area contributed by atoms with Crippen LogP contribution in [0.2, 0.25) is 0 Å². The summed E-state index contributed by atoms with van der Waals surface area (Å²) in [5.41, 5.74) is 2.33. The molecule has 3 heteroatoms. The van der Waals surface area contributed by atoms with Crippen molar-refractivity contribution in [1.82, 2.24) is 9.97 Å². The lowest BCUT2D eigenvalue weighted by molar-refractivity contribution is 0.997. The number of benzene rings is 2. The van der Waals surface area contributed by atoms with Crippen LogP contribution >= 0.6 is 11.8 Å². The molecule has 100 valence electrons. The summed E-state index contributed by atoms with van der Waals surface area (Å²) < 4.78 is 0. The highest BCUT2D eigenvalue weighted by atomic mass is 32.2. The summed E-state index contributed by atoms with van der Waals surface area (Å²) in [5, 5.41) is 2.56. The molecule has 0 aliphatic carbocycles. The third-order valence-corrected chi connectivity index (χ3v) is 4.40. The monoisotopic (exact) mass is 280 g/mol. The number of aryl methyl sites for hydroxylation is 1. The fourth-order valence-electron chi connectivity index (χ4n) is 2.21. The average molecular weight is 280 g/mol. The maximum Gasteiger partial charge on any atom is 0.127 e.